The lowest BCUT2D eigenvalue weighted by Crippen LogP contribution is -2.48. The number of aliphatic hydroxyl groups is 1. The van der Waals surface area contributed by atoms with E-state index in [0.29, 0.717) is 34.8 Å². The molecule has 2 fully saturated rings. The lowest BCUT2D eigenvalue weighted by atomic mass is 9.98. The number of benzene rings is 3. The van der Waals surface area contributed by atoms with Crippen LogP contribution in [0.25, 0.3) is 10.9 Å². The third-order valence-corrected chi connectivity index (χ3v) is 11.2. The number of methoxy groups -OCH3 is 1. The zero-order valence-electron chi connectivity index (χ0n) is 26.1. The number of hydrogen-bond donors (Lipinski definition) is 3. The molecule has 2 saturated heterocycles. The lowest BCUT2D eigenvalue weighted by Gasteiger charge is -2.41. The number of fused-ring (bicyclic) bond motifs is 1. The van der Waals surface area contributed by atoms with Crippen LogP contribution in [0.15, 0.2) is 71.6 Å². The Balaban J connectivity index is 1.23. The molecule has 0 aliphatic carbocycles. The van der Waals surface area contributed by atoms with E-state index in [-0.39, 0.29) is 11.0 Å². The molecule has 2 aliphatic heterocycles. The number of aliphatic hydroxyl groups excluding tert-OH is 1. The van der Waals surface area contributed by atoms with Gasteiger partial charge in [-0.2, -0.15) is 4.98 Å². The molecule has 0 saturated carbocycles. The third kappa shape index (κ3) is 6.70. The smallest absolute Gasteiger partial charge is 0.229 e. The van der Waals surface area contributed by atoms with Gasteiger partial charge in [-0.1, -0.05) is 24.3 Å². The van der Waals surface area contributed by atoms with E-state index in [4.69, 9.17) is 14.7 Å². The quantitative estimate of drug-likeness (QED) is 0.211. The van der Waals surface area contributed by atoms with Crippen molar-refractivity contribution in [2.45, 2.75) is 61.8 Å². The molecule has 0 unspecified atom stereocenters. The maximum Gasteiger partial charge on any atom is 0.229 e. The summed E-state index contributed by atoms with van der Waals surface area (Å²) in [5.74, 6) is 1.54. The Morgan fingerprint density at radius 2 is 1.58 bits per heavy atom. The van der Waals surface area contributed by atoms with E-state index < -0.39 is 15.1 Å². The first-order valence-electron chi connectivity index (χ1n) is 15.7. The summed E-state index contributed by atoms with van der Waals surface area (Å²) in [7, 11) is -1.87. The minimum Gasteiger partial charge on any atom is -0.494 e. The number of hydrogen-bond acceptors (Lipinski definition) is 10. The number of sulfone groups is 1. The van der Waals surface area contributed by atoms with Crippen molar-refractivity contribution in [3.05, 3.63) is 66.7 Å². The average molecular weight is 631 g/mol. The molecule has 10 nitrogen and oxygen atoms in total. The van der Waals surface area contributed by atoms with Crippen LogP contribution in [-0.4, -0.2) is 79.1 Å². The SMILES string of the molecule is COc1cc(N2CCC(N3CCC(O)CC3)CC2)ccc1Nc1nc(Nc2ccccc2S(=O)(=O)C(C)C)c2ccccc2n1. The van der Waals surface area contributed by atoms with E-state index in [0.717, 1.165) is 68.6 Å². The van der Waals surface area contributed by atoms with Gasteiger partial charge in [0.1, 0.15) is 11.6 Å². The minimum atomic E-state index is -3.53. The normalized spacial score (nSPS) is 17.1. The summed E-state index contributed by atoms with van der Waals surface area (Å²) in [4.78, 5) is 14.7. The van der Waals surface area contributed by atoms with Crippen molar-refractivity contribution in [2.75, 3.05) is 48.8 Å². The maximum absolute atomic E-state index is 13.1. The Morgan fingerprint density at radius 1 is 0.867 bits per heavy atom. The number of likely N-dealkylation sites (tertiary alicyclic amines) is 1. The summed E-state index contributed by atoms with van der Waals surface area (Å²) >= 11 is 0. The van der Waals surface area contributed by atoms with Crippen molar-refractivity contribution in [1.29, 1.82) is 0 Å². The molecular weight excluding hydrogens is 588 g/mol. The van der Waals surface area contributed by atoms with Gasteiger partial charge in [0.2, 0.25) is 5.95 Å². The molecule has 238 valence electrons. The summed E-state index contributed by atoms with van der Waals surface area (Å²) in [5, 5.41) is 16.7. The topological polar surface area (TPSA) is 120 Å². The highest BCUT2D eigenvalue weighted by molar-refractivity contribution is 7.92. The third-order valence-electron chi connectivity index (χ3n) is 8.95. The van der Waals surface area contributed by atoms with Crippen LogP contribution in [0.3, 0.4) is 0 Å². The van der Waals surface area contributed by atoms with Crippen LogP contribution in [0, 0.1) is 0 Å². The Bertz CT molecular complexity index is 1750. The molecule has 11 heteroatoms. The number of nitrogens with zero attached hydrogens (tertiary/aromatic N) is 4. The van der Waals surface area contributed by atoms with Gasteiger partial charge in [0, 0.05) is 49.4 Å². The van der Waals surface area contributed by atoms with Crippen molar-refractivity contribution in [3.63, 3.8) is 0 Å². The van der Waals surface area contributed by atoms with E-state index >= 15 is 0 Å². The predicted molar refractivity (Wildman–Crippen MR) is 180 cm³/mol. The van der Waals surface area contributed by atoms with Gasteiger partial charge in [0.05, 0.1) is 40.3 Å². The number of anilines is 5. The molecule has 45 heavy (non-hydrogen) atoms. The molecule has 0 spiro atoms. The van der Waals surface area contributed by atoms with Gasteiger partial charge in [-0.15, -0.1) is 0 Å². The van der Waals surface area contributed by atoms with Gasteiger partial charge in [0.15, 0.2) is 9.84 Å². The molecule has 0 amide bonds. The summed E-state index contributed by atoms with van der Waals surface area (Å²) < 4.78 is 32.0. The highest BCUT2D eigenvalue weighted by Crippen LogP contribution is 2.35. The fraction of sp³-hybridized carbons (Fsp3) is 0.412. The summed E-state index contributed by atoms with van der Waals surface area (Å²) in [6.07, 6.45) is 3.80. The fourth-order valence-corrected chi connectivity index (χ4v) is 7.47. The van der Waals surface area contributed by atoms with Crippen LogP contribution in [0.5, 0.6) is 5.75 Å². The first-order valence-corrected chi connectivity index (χ1v) is 17.3. The molecule has 3 aromatic carbocycles. The lowest BCUT2D eigenvalue weighted by molar-refractivity contribution is 0.0542. The largest absolute Gasteiger partial charge is 0.494 e. The van der Waals surface area contributed by atoms with Crippen LogP contribution in [0.2, 0.25) is 0 Å². The summed E-state index contributed by atoms with van der Waals surface area (Å²) in [5.41, 5.74) is 3.01. The van der Waals surface area contributed by atoms with E-state index in [1.54, 1.807) is 45.2 Å². The second-order valence-corrected chi connectivity index (χ2v) is 14.6. The predicted octanol–water partition coefficient (Wildman–Crippen LogP) is 5.73. The Kier molecular flexibility index (Phi) is 9.11. The van der Waals surface area contributed by atoms with Gasteiger partial charge in [-0.05, 0) is 75.9 Å². The van der Waals surface area contributed by atoms with Crippen LogP contribution in [0.4, 0.5) is 28.8 Å². The second kappa shape index (κ2) is 13.2. The van der Waals surface area contributed by atoms with Crippen molar-refractivity contribution in [1.82, 2.24) is 14.9 Å². The zero-order chi connectivity index (χ0) is 31.6. The highest BCUT2D eigenvalue weighted by Gasteiger charge is 2.28. The second-order valence-electron chi connectivity index (χ2n) is 12.1. The van der Waals surface area contributed by atoms with E-state index in [9.17, 15) is 13.5 Å². The summed E-state index contributed by atoms with van der Waals surface area (Å²) in [6.45, 7) is 7.26. The minimum absolute atomic E-state index is 0.144. The first-order chi connectivity index (χ1) is 21.7. The molecule has 3 heterocycles. The fourth-order valence-electron chi connectivity index (χ4n) is 6.27. The summed E-state index contributed by atoms with van der Waals surface area (Å²) in [6, 6.07) is 21.2. The molecule has 3 N–H and O–H groups in total. The van der Waals surface area contributed by atoms with E-state index in [1.807, 2.05) is 36.4 Å². The van der Waals surface area contributed by atoms with Crippen molar-refractivity contribution >= 4 is 49.6 Å². The van der Waals surface area contributed by atoms with Crippen molar-refractivity contribution in [2.24, 2.45) is 0 Å². The molecular formula is C34H42N6O4S. The number of rotatable bonds is 9. The van der Waals surface area contributed by atoms with Crippen molar-refractivity contribution < 1.29 is 18.3 Å². The average Bonchev–Trinajstić information content (AvgIpc) is 3.05. The molecule has 0 radical (unpaired) electrons. The number of piperidine rings is 2. The van der Waals surface area contributed by atoms with Crippen LogP contribution < -0.4 is 20.3 Å². The van der Waals surface area contributed by atoms with Gasteiger partial charge >= 0.3 is 0 Å². The molecule has 4 aromatic rings. The van der Waals surface area contributed by atoms with Crippen LogP contribution in [0.1, 0.15) is 39.5 Å². The standard InChI is InChI=1S/C34H42N6O4S/c1-23(2)45(42,43)32-11-7-6-10-30(32)35-33-27-8-4-5-9-28(27)36-34(38-33)37-29-13-12-25(22-31(29)44-3)40-18-14-24(15-19-40)39-20-16-26(41)17-21-39/h4-13,22-24,26,41H,14-21H2,1-3H3,(H2,35,36,37,38). The molecule has 0 bridgehead atoms. The van der Waals surface area contributed by atoms with Gasteiger partial charge < -0.3 is 30.3 Å². The monoisotopic (exact) mass is 630 g/mol. The molecule has 0 atom stereocenters. The number of para-hydroxylation sites is 2. The number of nitrogens with one attached hydrogen (secondary N) is 2. The maximum atomic E-state index is 13.1. The number of ether oxygens (including phenoxy) is 1. The Labute approximate surface area is 265 Å². The molecule has 6 rings (SSSR count). The van der Waals surface area contributed by atoms with Gasteiger partial charge in [-0.25, -0.2) is 13.4 Å². The first kappa shape index (κ1) is 31.1. The highest BCUT2D eigenvalue weighted by atomic mass is 32.2. The van der Waals surface area contributed by atoms with Crippen LogP contribution >= 0.6 is 0 Å². The van der Waals surface area contributed by atoms with E-state index in [1.165, 1.54) is 0 Å². The zero-order valence-corrected chi connectivity index (χ0v) is 26.9. The Hall–Kier alpha value is -3.93. The van der Waals surface area contributed by atoms with Gasteiger partial charge in [0.25, 0.3) is 0 Å². The number of aromatic nitrogens is 2. The molecule has 2 aliphatic rings. The van der Waals surface area contributed by atoms with E-state index in [2.05, 4.69) is 26.5 Å². The van der Waals surface area contributed by atoms with Crippen LogP contribution in [-0.2, 0) is 9.84 Å². The Morgan fingerprint density at radius 3 is 2.31 bits per heavy atom. The van der Waals surface area contributed by atoms with Crippen molar-refractivity contribution in [3.8, 4) is 5.75 Å². The van der Waals surface area contributed by atoms with Gasteiger partial charge in [-0.3, -0.25) is 0 Å². The molecule has 1 aromatic heterocycles.